The van der Waals surface area contributed by atoms with E-state index in [0.717, 1.165) is 12.8 Å². The van der Waals surface area contributed by atoms with E-state index < -0.39 is 5.91 Å². The lowest BCUT2D eigenvalue weighted by molar-refractivity contribution is 0.0953. The number of carbonyl (C=O) groups is 1. The topological polar surface area (TPSA) is 76.4 Å². The van der Waals surface area contributed by atoms with Crippen molar-refractivity contribution < 1.29 is 13.9 Å². The maximum Gasteiger partial charge on any atom is 0.293 e. The van der Waals surface area contributed by atoms with Crippen LogP contribution in [0.4, 0.5) is 5.69 Å². The molecule has 1 unspecified atom stereocenters. The van der Waals surface area contributed by atoms with Crippen LogP contribution in [0.15, 0.2) is 47.0 Å². The molecule has 28 heavy (non-hydrogen) atoms. The Kier molecular flexibility index (Phi) is 6.49. The minimum Gasteiger partial charge on any atom is -0.489 e. The maximum atomic E-state index is 12.4. The maximum absolute atomic E-state index is 12.4. The molecule has 146 valence electrons. The van der Waals surface area contributed by atoms with Gasteiger partial charge in [0.2, 0.25) is 0 Å². The second-order valence-electron chi connectivity index (χ2n) is 6.25. The van der Waals surface area contributed by atoms with Crippen molar-refractivity contribution in [1.29, 1.82) is 0 Å². The zero-order valence-electron chi connectivity index (χ0n) is 15.5. The third-order valence-electron chi connectivity index (χ3n) is 4.01. The zero-order chi connectivity index (χ0) is 20.1. The average Bonchev–Trinajstić information content (AvgIpc) is 3.09. The van der Waals surface area contributed by atoms with Gasteiger partial charge < -0.3 is 14.5 Å². The fourth-order valence-electron chi connectivity index (χ4n) is 2.72. The Balaban J connectivity index is 1.68. The molecule has 0 aliphatic rings. The summed E-state index contributed by atoms with van der Waals surface area (Å²) in [4.78, 5) is 16.4. The predicted molar refractivity (Wildman–Crippen MR) is 114 cm³/mol. The number of anilines is 1. The summed E-state index contributed by atoms with van der Waals surface area (Å²) in [5.74, 6) is 0.277. The smallest absolute Gasteiger partial charge is 0.293 e. The van der Waals surface area contributed by atoms with Crippen molar-refractivity contribution in [3.05, 3.63) is 53.5 Å². The van der Waals surface area contributed by atoms with E-state index in [4.69, 9.17) is 33.0 Å². The number of nitrogens with one attached hydrogen (secondary N) is 2. The van der Waals surface area contributed by atoms with Gasteiger partial charge in [0.1, 0.15) is 16.5 Å². The lowest BCUT2D eigenvalue weighted by Gasteiger charge is -2.18. The van der Waals surface area contributed by atoms with Crippen LogP contribution in [-0.2, 0) is 0 Å². The van der Waals surface area contributed by atoms with Crippen molar-refractivity contribution in [3.63, 3.8) is 0 Å². The first-order valence-electron chi connectivity index (χ1n) is 8.90. The molecule has 0 radical (unpaired) electrons. The van der Waals surface area contributed by atoms with Crippen LogP contribution in [0.5, 0.6) is 5.75 Å². The van der Waals surface area contributed by atoms with Crippen LogP contribution in [0.1, 0.15) is 37.2 Å². The number of ether oxygens (including phenoxy) is 1. The van der Waals surface area contributed by atoms with Crippen LogP contribution in [0.2, 0.25) is 5.15 Å². The first-order chi connectivity index (χ1) is 13.5. The molecular weight excluding hydrogens is 398 g/mol. The molecule has 0 aliphatic heterocycles. The number of pyridine rings is 1. The molecule has 2 aromatic heterocycles. The van der Waals surface area contributed by atoms with Crippen LogP contribution >= 0.6 is 23.8 Å². The van der Waals surface area contributed by atoms with Crippen LogP contribution in [0.25, 0.3) is 11.0 Å². The van der Waals surface area contributed by atoms with Gasteiger partial charge >= 0.3 is 0 Å². The Labute approximate surface area is 173 Å². The molecule has 2 N–H and O–H groups in total. The Morgan fingerprint density at radius 1 is 1.36 bits per heavy atom. The summed E-state index contributed by atoms with van der Waals surface area (Å²) in [5.41, 5.74) is 1.15. The predicted octanol–water partition coefficient (Wildman–Crippen LogP) is 5.18. The number of hydrogen-bond acceptors (Lipinski definition) is 5. The summed E-state index contributed by atoms with van der Waals surface area (Å²) in [6.07, 6.45) is 3.56. The van der Waals surface area contributed by atoms with Gasteiger partial charge in [-0.1, -0.05) is 37.1 Å². The Morgan fingerprint density at radius 3 is 2.89 bits per heavy atom. The van der Waals surface area contributed by atoms with Gasteiger partial charge in [0.05, 0.1) is 17.2 Å². The number of thiocarbonyl (C=S) groups is 1. The Bertz CT molecular complexity index is 1010. The highest BCUT2D eigenvalue weighted by Gasteiger charge is 2.16. The van der Waals surface area contributed by atoms with Crippen molar-refractivity contribution in [1.82, 2.24) is 10.3 Å². The van der Waals surface area contributed by atoms with E-state index in [9.17, 15) is 4.79 Å². The number of fused-ring (bicyclic) bond motifs is 1. The number of nitrogens with zero attached hydrogens (tertiary/aromatic N) is 1. The van der Waals surface area contributed by atoms with E-state index in [1.165, 1.54) is 12.3 Å². The van der Waals surface area contributed by atoms with Crippen LogP contribution < -0.4 is 15.4 Å². The quantitative estimate of drug-likeness (QED) is 0.425. The van der Waals surface area contributed by atoms with Crippen LogP contribution in [0, 0.1) is 0 Å². The minimum absolute atomic E-state index is 0.0741. The number of furan rings is 1. The van der Waals surface area contributed by atoms with Gasteiger partial charge in [-0.2, -0.15) is 0 Å². The summed E-state index contributed by atoms with van der Waals surface area (Å²) >= 11 is 11.3. The molecule has 1 atom stereocenters. The molecule has 0 saturated carbocycles. The number of hydrogen-bond donors (Lipinski definition) is 2. The summed E-state index contributed by atoms with van der Waals surface area (Å²) in [6, 6.07) is 10.6. The lowest BCUT2D eigenvalue weighted by Crippen LogP contribution is -2.34. The summed E-state index contributed by atoms with van der Waals surface area (Å²) in [7, 11) is 0. The highest BCUT2D eigenvalue weighted by Crippen LogP contribution is 2.26. The van der Waals surface area contributed by atoms with Crippen molar-refractivity contribution in [2.75, 3.05) is 5.32 Å². The molecular formula is C20H20ClN3O3S. The van der Waals surface area contributed by atoms with Crippen LogP contribution in [-0.4, -0.2) is 22.1 Å². The van der Waals surface area contributed by atoms with Gasteiger partial charge in [-0.25, -0.2) is 4.98 Å². The van der Waals surface area contributed by atoms with Crippen molar-refractivity contribution in [2.24, 2.45) is 0 Å². The number of benzene rings is 1. The molecule has 0 fully saturated rings. The van der Waals surface area contributed by atoms with Gasteiger partial charge in [0, 0.05) is 12.3 Å². The molecule has 2 heterocycles. The van der Waals surface area contributed by atoms with Gasteiger partial charge in [-0.05, 0) is 43.8 Å². The van der Waals surface area contributed by atoms with E-state index >= 15 is 0 Å². The second kappa shape index (κ2) is 9.03. The van der Waals surface area contributed by atoms with Gasteiger partial charge in [-0.15, -0.1) is 0 Å². The molecule has 8 heteroatoms. The van der Waals surface area contributed by atoms with E-state index in [2.05, 4.69) is 22.5 Å². The largest absolute Gasteiger partial charge is 0.489 e. The minimum atomic E-state index is -0.484. The number of rotatable bonds is 6. The van der Waals surface area contributed by atoms with E-state index in [1.54, 1.807) is 6.07 Å². The third kappa shape index (κ3) is 4.79. The second-order valence-corrected chi connectivity index (χ2v) is 7.01. The lowest BCUT2D eigenvalue weighted by atomic mass is 10.2. The van der Waals surface area contributed by atoms with Gasteiger partial charge in [-0.3, -0.25) is 10.1 Å². The monoisotopic (exact) mass is 417 g/mol. The van der Waals surface area contributed by atoms with Crippen molar-refractivity contribution in [2.45, 2.75) is 32.8 Å². The number of amides is 1. The standard InChI is InChI=1S/C20H20ClN3O3S/c1-3-6-12(2)26-16-8-5-4-7-14(16)23-20(28)24-19(25)17-11-13-15(27-17)9-10-22-18(13)21/h4-5,7-12H,3,6H2,1-2H3,(H2,23,24,25,28). The SMILES string of the molecule is CCCC(C)Oc1ccccc1NC(=S)NC(=O)c1cc2c(Cl)nccc2o1. The van der Waals surface area contributed by atoms with Gasteiger partial charge in [0.25, 0.3) is 5.91 Å². The average molecular weight is 418 g/mol. The molecule has 0 saturated heterocycles. The first kappa shape index (κ1) is 20.1. The number of para-hydroxylation sites is 2. The number of aromatic nitrogens is 1. The number of carbonyl (C=O) groups excluding carboxylic acids is 1. The van der Waals surface area contributed by atoms with E-state index in [-0.39, 0.29) is 22.1 Å². The zero-order valence-corrected chi connectivity index (χ0v) is 17.1. The Morgan fingerprint density at radius 2 is 2.14 bits per heavy atom. The molecule has 6 nitrogen and oxygen atoms in total. The molecule has 1 aromatic carbocycles. The fourth-order valence-corrected chi connectivity index (χ4v) is 3.12. The molecule has 0 aliphatic carbocycles. The molecule has 3 rings (SSSR count). The summed E-state index contributed by atoms with van der Waals surface area (Å²) in [5, 5.41) is 6.57. The van der Waals surface area contributed by atoms with Crippen LogP contribution in [0.3, 0.4) is 0 Å². The molecule has 3 aromatic rings. The fraction of sp³-hybridized carbons (Fsp3) is 0.250. The summed E-state index contributed by atoms with van der Waals surface area (Å²) in [6.45, 7) is 4.12. The van der Waals surface area contributed by atoms with Crippen molar-refractivity contribution >= 4 is 51.5 Å². The third-order valence-corrected chi connectivity index (χ3v) is 4.51. The molecule has 0 bridgehead atoms. The highest BCUT2D eigenvalue weighted by molar-refractivity contribution is 7.80. The Hall–Kier alpha value is -2.64. The number of halogens is 1. The van der Waals surface area contributed by atoms with E-state index in [1.807, 2.05) is 31.2 Å². The molecule has 0 spiro atoms. The summed E-state index contributed by atoms with van der Waals surface area (Å²) < 4.78 is 11.5. The highest BCUT2D eigenvalue weighted by atomic mass is 35.5. The molecule has 1 amide bonds. The van der Waals surface area contributed by atoms with E-state index in [0.29, 0.717) is 22.4 Å². The first-order valence-corrected chi connectivity index (χ1v) is 9.68. The van der Waals surface area contributed by atoms with Gasteiger partial charge in [0.15, 0.2) is 10.9 Å². The van der Waals surface area contributed by atoms with Crippen molar-refractivity contribution in [3.8, 4) is 5.75 Å². The normalized spacial score (nSPS) is 11.8.